The van der Waals surface area contributed by atoms with E-state index in [4.69, 9.17) is 9.84 Å². The second kappa shape index (κ2) is 5.84. The molecule has 2 heterocycles. The second-order valence-corrected chi connectivity index (χ2v) is 20.6. The van der Waals surface area contributed by atoms with Gasteiger partial charge in [-0.3, -0.25) is 0 Å². The summed E-state index contributed by atoms with van der Waals surface area (Å²) in [6.07, 6.45) is -3.33. The van der Waals surface area contributed by atoms with Crippen LogP contribution in [0.5, 0.6) is 0 Å². The van der Waals surface area contributed by atoms with Crippen molar-refractivity contribution in [2.45, 2.75) is 39.4 Å². The maximum atomic E-state index is 11.9. The van der Waals surface area contributed by atoms with Crippen LogP contribution in [-0.4, -0.2) is 68.2 Å². The average Bonchev–Trinajstić information content (AvgIpc) is 2.65. The van der Waals surface area contributed by atoms with Crippen LogP contribution >= 0.6 is 0 Å². The number of aromatic amines is 1. The van der Waals surface area contributed by atoms with Crippen molar-refractivity contribution < 1.29 is 20.1 Å². The Kier molecular flexibility index (Phi) is 4.64. The quantitative estimate of drug-likeness (QED) is 0.418. The molecule has 0 aromatic carbocycles. The van der Waals surface area contributed by atoms with E-state index in [1.165, 1.54) is 6.20 Å². The van der Waals surface area contributed by atoms with E-state index in [1.54, 1.807) is 0 Å². The van der Waals surface area contributed by atoms with E-state index in [1.807, 2.05) is 14.8 Å². The fourth-order valence-electron chi connectivity index (χ4n) is 2.32. The third-order valence-electron chi connectivity index (χ3n) is 3.57. The number of nitrogens with one attached hydrogen (secondary N) is 1. The van der Waals surface area contributed by atoms with Crippen molar-refractivity contribution in [3.8, 4) is 0 Å². The Labute approximate surface area is 124 Å². The molecular weight excluding hydrogens is 387 g/mol. The summed E-state index contributed by atoms with van der Waals surface area (Å²) in [7, 11) is 0. The van der Waals surface area contributed by atoms with Crippen LogP contribution in [0.1, 0.15) is 6.23 Å². The van der Waals surface area contributed by atoms with Crippen molar-refractivity contribution in [2.24, 2.45) is 0 Å². The van der Waals surface area contributed by atoms with Crippen LogP contribution in [0.15, 0.2) is 15.8 Å². The van der Waals surface area contributed by atoms with Gasteiger partial charge in [-0.1, -0.05) is 0 Å². The molecule has 0 spiro atoms. The molecule has 4 N–H and O–H groups in total. The van der Waals surface area contributed by atoms with Crippen molar-refractivity contribution in [1.29, 1.82) is 0 Å². The molecule has 4 atom stereocenters. The van der Waals surface area contributed by atoms with Crippen LogP contribution in [0.25, 0.3) is 0 Å². The third kappa shape index (κ3) is 3.09. The average molecular weight is 407 g/mol. The first kappa shape index (κ1) is 16.7. The van der Waals surface area contributed by atoms with Gasteiger partial charge in [-0.25, -0.2) is 0 Å². The zero-order valence-electron chi connectivity index (χ0n) is 12.1. The molecule has 8 nitrogen and oxygen atoms in total. The number of rotatable bonds is 3. The summed E-state index contributed by atoms with van der Waals surface area (Å²) in [4.78, 5) is 32.1. The van der Waals surface area contributed by atoms with E-state index in [0.717, 1.165) is 4.57 Å². The molecule has 0 aliphatic carbocycles. The Balaban J connectivity index is 2.50. The summed E-state index contributed by atoms with van der Waals surface area (Å²) in [5, 5.41) is 28.8. The monoisotopic (exact) mass is 408 g/mol. The van der Waals surface area contributed by atoms with Crippen LogP contribution in [0.4, 0.5) is 0 Å². The zero-order valence-corrected chi connectivity index (χ0v) is 15.0. The van der Waals surface area contributed by atoms with Gasteiger partial charge in [0.2, 0.25) is 0 Å². The van der Waals surface area contributed by atoms with Gasteiger partial charge in [-0.05, 0) is 0 Å². The Morgan fingerprint density at radius 1 is 1.29 bits per heavy atom. The molecule has 1 aromatic rings. The number of aliphatic hydroxyl groups excluding tert-OH is 3. The molecule has 9 heteroatoms. The number of hydrogen-bond donors (Lipinski definition) is 4. The predicted molar refractivity (Wildman–Crippen MR) is 77.3 cm³/mol. The number of ether oxygens (including phenoxy) is 1. The molecule has 1 aliphatic rings. The van der Waals surface area contributed by atoms with Crippen LogP contribution in [-0.2, 0) is 4.74 Å². The van der Waals surface area contributed by atoms with Crippen LogP contribution < -0.4 is 14.8 Å². The first-order valence-corrected chi connectivity index (χ1v) is 16.6. The number of H-pyrrole nitrogens is 1. The normalized spacial score (nSPS) is 29.8. The van der Waals surface area contributed by atoms with Crippen molar-refractivity contribution in [2.75, 3.05) is 6.61 Å². The zero-order chi connectivity index (χ0) is 15.9. The van der Waals surface area contributed by atoms with E-state index < -0.39 is 60.8 Å². The molecule has 0 radical (unpaired) electrons. The van der Waals surface area contributed by atoms with Crippen molar-refractivity contribution in [3.63, 3.8) is 0 Å². The van der Waals surface area contributed by atoms with Crippen molar-refractivity contribution >= 4 is 22.0 Å². The van der Waals surface area contributed by atoms with Gasteiger partial charge in [0.15, 0.2) is 0 Å². The molecular formula is C12H20N2O6Sn. The molecule has 1 aliphatic heterocycles. The number of hydrogen-bond acceptors (Lipinski definition) is 6. The van der Waals surface area contributed by atoms with Gasteiger partial charge in [-0.15, -0.1) is 0 Å². The Morgan fingerprint density at radius 2 is 1.90 bits per heavy atom. The van der Waals surface area contributed by atoms with E-state index in [-0.39, 0.29) is 0 Å². The van der Waals surface area contributed by atoms with Gasteiger partial charge < -0.3 is 0 Å². The Bertz CT molecular complexity index is 634. The fourth-order valence-corrected chi connectivity index (χ4v) is 5.94. The SMILES string of the molecule is [CH3][Sn]([CH3])([CH3])[c]1cn([C@@H]2O[C@H](CO)[C@@H](O)[C@@H]2O)c(=O)[nH]c1=O. The van der Waals surface area contributed by atoms with Gasteiger partial charge in [0.05, 0.1) is 0 Å². The maximum absolute atomic E-state index is 11.9. The molecule has 0 unspecified atom stereocenters. The summed E-state index contributed by atoms with van der Waals surface area (Å²) < 4.78 is 6.97. The number of aliphatic hydroxyl groups is 3. The van der Waals surface area contributed by atoms with Crippen molar-refractivity contribution in [3.05, 3.63) is 27.0 Å². The molecule has 1 aromatic heterocycles. The molecule has 0 amide bonds. The molecule has 2 rings (SSSR count). The summed E-state index contributed by atoms with van der Waals surface area (Å²) in [6, 6.07) is 0. The number of nitrogens with zero attached hydrogens (tertiary/aromatic N) is 1. The van der Waals surface area contributed by atoms with Crippen LogP contribution in [0.2, 0.25) is 14.8 Å². The van der Waals surface area contributed by atoms with Gasteiger partial charge in [0, 0.05) is 0 Å². The van der Waals surface area contributed by atoms with Gasteiger partial charge in [0.25, 0.3) is 0 Å². The van der Waals surface area contributed by atoms with Gasteiger partial charge in [0.1, 0.15) is 0 Å². The van der Waals surface area contributed by atoms with Gasteiger partial charge >= 0.3 is 125 Å². The Morgan fingerprint density at radius 3 is 2.38 bits per heavy atom. The van der Waals surface area contributed by atoms with Crippen LogP contribution in [0, 0.1) is 0 Å². The predicted octanol–water partition coefficient (Wildman–Crippen LogP) is -2.31. The summed E-state index contributed by atoms with van der Waals surface area (Å²) in [5.74, 6) is 0. The summed E-state index contributed by atoms with van der Waals surface area (Å²) in [6.45, 7) is -0.474. The third-order valence-corrected chi connectivity index (χ3v) is 9.20. The molecule has 1 saturated heterocycles. The minimum atomic E-state index is -2.76. The first-order valence-electron chi connectivity index (χ1n) is 6.65. The fraction of sp³-hybridized carbons (Fsp3) is 0.667. The van der Waals surface area contributed by atoms with Crippen molar-refractivity contribution in [1.82, 2.24) is 9.55 Å². The molecule has 0 bridgehead atoms. The van der Waals surface area contributed by atoms with E-state index in [2.05, 4.69) is 4.98 Å². The topological polar surface area (TPSA) is 125 Å². The standard InChI is InChI=1S/C9H11N2O6.3CH3.Sn/c12-3-4-6(14)7(15)8(17-4)11-2-1-5(13)10-9(11)16;;;;/h2,4,6-8,12,14-15H,3H2,(H,10,13,16);3*1H3;/t4-,6-,7+,8-;;;;/m1..../s1. The van der Waals surface area contributed by atoms with Gasteiger partial charge in [-0.2, -0.15) is 0 Å². The second-order valence-electron chi connectivity index (χ2n) is 6.19. The number of aromatic nitrogens is 2. The van der Waals surface area contributed by atoms with E-state index in [0.29, 0.717) is 3.58 Å². The van der Waals surface area contributed by atoms with Crippen LogP contribution in [0.3, 0.4) is 0 Å². The minimum absolute atomic E-state index is 0.411. The molecule has 0 saturated carbocycles. The van der Waals surface area contributed by atoms with E-state index in [9.17, 15) is 19.8 Å². The Hall–Kier alpha value is -0.681. The molecule has 21 heavy (non-hydrogen) atoms. The summed E-state index contributed by atoms with van der Waals surface area (Å²) >= 11 is -2.76. The molecule has 118 valence electrons. The summed E-state index contributed by atoms with van der Waals surface area (Å²) in [5.41, 5.74) is -1.12. The van der Waals surface area contributed by atoms with E-state index >= 15 is 0 Å². The first-order chi connectivity index (χ1) is 9.66. The molecule has 1 fully saturated rings.